The van der Waals surface area contributed by atoms with Crippen LogP contribution in [-0.4, -0.2) is 46.5 Å². The van der Waals surface area contributed by atoms with Crippen LogP contribution in [0.3, 0.4) is 0 Å². The van der Waals surface area contributed by atoms with E-state index in [1.54, 1.807) is 6.26 Å². The zero-order valence-corrected chi connectivity index (χ0v) is 23.6. The number of amides is 1. The van der Waals surface area contributed by atoms with Crippen LogP contribution in [0.1, 0.15) is 59.6 Å². The van der Waals surface area contributed by atoms with Crippen molar-refractivity contribution in [1.29, 1.82) is 0 Å². The van der Waals surface area contributed by atoms with Crippen molar-refractivity contribution < 1.29 is 9.21 Å². The summed E-state index contributed by atoms with van der Waals surface area (Å²) < 4.78 is 7.83. The SMILES string of the molecule is CC(C)(C)c1ccc(Cn2c(C(=O)N3CCN(C(c4ccccc4)c4ccccc4)CC3)cc3occc32)cc1. The highest BCUT2D eigenvalue weighted by atomic mass is 16.3. The van der Waals surface area contributed by atoms with Crippen LogP contribution in [0.2, 0.25) is 0 Å². The van der Waals surface area contributed by atoms with E-state index in [9.17, 15) is 4.79 Å². The highest BCUT2D eigenvalue weighted by Crippen LogP contribution is 2.31. The number of furan rings is 1. The van der Waals surface area contributed by atoms with Crippen LogP contribution in [0, 0.1) is 0 Å². The molecule has 1 saturated heterocycles. The lowest BCUT2D eigenvalue weighted by Crippen LogP contribution is -2.50. The number of hydrogen-bond donors (Lipinski definition) is 0. The van der Waals surface area contributed by atoms with Crippen LogP contribution in [0.25, 0.3) is 11.1 Å². The molecule has 1 aliphatic rings. The Bertz CT molecular complexity index is 1530. The molecule has 1 aliphatic heterocycles. The van der Waals surface area contributed by atoms with E-state index in [4.69, 9.17) is 4.42 Å². The molecule has 0 radical (unpaired) electrons. The van der Waals surface area contributed by atoms with Crippen molar-refractivity contribution in [2.24, 2.45) is 0 Å². The van der Waals surface area contributed by atoms with E-state index < -0.39 is 0 Å². The zero-order chi connectivity index (χ0) is 27.7. The molecule has 204 valence electrons. The molecule has 0 N–H and O–H groups in total. The van der Waals surface area contributed by atoms with Crippen molar-refractivity contribution in [2.75, 3.05) is 26.2 Å². The lowest BCUT2D eigenvalue weighted by molar-refractivity contribution is 0.0588. The van der Waals surface area contributed by atoms with Crippen LogP contribution in [0.15, 0.2) is 108 Å². The summed E-state index contributed by atoms with van der Waals surface area (Å²) in [6.07, 6.45) is 1.70. The fourth-order valence-electron chi connectivity index (χ4n) is 5.85. The second-order valence-electron chi connectivity index (χ2n) is 11.8. The fourth-order valence-corrected chi connectivity index (χ4v) is 5.85. The molecule has 1 fully saturated rings. The first-order valence-corrected chi connectivity index (χ1v) is 14.2. The molecule has 0 unspecified atom stereocenters. The molecule has 2 aromatic heterocycles. The standard InChI is InChI=1S/C35H37N3O2/c1-35(2,3)29-16-14-26(15-17-29)25-38-30-18-23-40-32(30)24-31(38)34(39)37-21-19-36(20-22-37)33(27-10-6-4-7-11-27)28-12-8-5-9-13-28/h4-18,23-24,33H,19-22,25H2,1-3H3. The molecule has 0 atom stereocenters. The molecular weight excluding hydrogens is 494 g/mol. The lowest BCUT2D eigenvalue weighted by Gasteiger charge is -2.39. The predicted octanol–water partition coefficient (Wildman–Crippen LogP) is 7.13. The van der Waals surface area contributed by atoms with Gasteiger partial charge in [0.05, 0.1) is 17.8 Å². The predicted molar refractivity (Wildman–Crippen MR) is 161 cm³/mol. The van der Waals surface area contributed by atoms with Gasteiger partial charge in [0.15, 0.2) is 5.58 Å². The largest absolute Gasteiger partial charge is 0.463 e. The molecule has 0 spiro atoms. The summed E-state index contributed by atoms with van der Waals surface area (Å²) in [6, 6.07) is 34.1. The maximum absolute atomic E-state index is 13.9. The van der Waals surface area contributed by atoms with Crippen molar-refractivity contribution in [3.8, 4) is 0 Å². The Labute approximate surface area is 236 Å². The van der Waals surface area contributed by atoms with E-state index in [2.05, 4.69) is 115 Å². The van der Waals surface area contributed by atoms with Gasteiger partial charge < -0.3 is 13.9 Å². The Morgan fingerprint density at radius 3 is 1.98 bits per heavy atom. The minimum absolute atomic E-state index is 0.0633. The second-order valence-corrected chi connectivity index (χ2v) is 11.8. The highest BCUT2D eigenvalue weighted by Gasteiger charge is 2.30. The van der Waals surface area contributed by atoms with E-state index >= 15 is 0 Å². The molecule has 3 aromatic carbocycles. The molecule has 1 amide bonds. The first kappa shape index (κ1) is 26.1. The van der Waals surface area contributed by atoms with Gasteiger partial charge in [-0.1, -0.05) is 106 Å². The van der Waals surface area contributed by atoms with Crippen LogP contribution in [0.5, 0.6) is 0 Å². The van der Waals surface area contributed by atoms with Crippen molar-refractivity contribution in [1.82, 2.24) is 14.4 Å². The molecular formula is C35H37N3O2. The van der Waals surface area contributed by atoms with Crippen molar-refractivity contribution >= 4 is 17.0 Å². The third kappa shape index (κ3) is 5.22. The Morgan fingerprint density at radius 2 is 1.40 bits per heavy atom. The van der Waals surface area contributed by atoms with Gasteiger partial charge in [-0.15, -0.1) is 0 Å². The number of benzene rings is 3. The summed E-state index contributed by atoms with van der Waals surface area (Å²) in [5.41, 5.74) is 7.52. The Kier molecular flexibility index (Phi) is 7.07. The molecule has 5 heteroatoms. The van der Waals surface area contributed by atoms with E-state index in [1.807, 2.05) is 17.0 Å². The van der Waals surface area contributed by atoms with Gasteiger partial charge in [-0.3, -0.25) is 9.69 Å². The second kappa shape index (κ2) is 10.8. The number of rotatable bonds is 6. The Hall–Kier alpha value is -4.09. The van der Waals surface area contributed by atoms with Gasteiger partial charge in [0.25, 0.3) is 5.91 Å². The van der Waals surface area contributed by atoms with E-state index in [0.717, 1.165) is 24.2 Å². The molecule has 6 rings (SSSR count). The third-order valence-electron chi connectivity index (χ3n) is 8.10. The quantitative estimate of drug-likeness (QED) is 0.234. The molecule has 5 nitrogen and oxygen atoms in total. The number of fused-ring (bicyclic) bond motifs is 1. The molecule has 40 heavy (non-hydrogen) atoms. The molecule has 5 aromatic rings. The monoisotopic (exact) mass is 531 g/mol. The Balaban J connectivity index is 1.22. The molecule has 0 bridgehead atoms. The number of carbonyl (C=O) groups excluding carboxylic acids is 1. The minimum Gasteiger partial charge on any atom is -0.463 e. The normalized spacial score (nSPS) is 14.8. The number of piperazine rings is 1. The van der Waals surface area contributed by atoms with Gasteiger partial charge in [0.1, 0.15) is 5.69 Å². The van der Waals surface area contributed by atoms with Gasteiger partial charge in [-0.05, 0) is 27.7 Å². The summed E-state index contributed by atoms with van der Waals surface area (Å²) >= 11 is 0. The molecule has 0 saturated carbocycles. The minimum atomic E-state index is 0.0633. The maximum atomic E-state index is 13.9. The van der Waals surface area contributed by atoms with E-state index in [0.29, 0.717) is 25.3 Å². The van der Waals surface area contributed by atoms with Crippen molar-refractivity contribution in [2.45, 2.75) is 38.8 Å². The summed E-state index contributed by atoms with van der Waals surface area (Å²) in [5, 5.41) is 0. The number of hydrogen-bond acceptors (Lipinski definition) is 3. The Morgan fingerprint density at radius 1 is 0.800 bits per heavy atom. The van der Waals surface area contributed by atoms with Gasteiger partial charge in [0.2, 0.25) is 0 Å². The first-order chi connectivity index (χ1) is 19.4. The van der Waals surface area contributed by atoms with Crippen LogP contribution < -0.4 is 0 Å². The molecule has 0 aliphatic carbocycles. The number of carbonyl (C=O) groups is 1. The smallest absolute Gasteiger partial charge is 0.270 e. The third-order valence-corrected chi connectivity index (χ3v) is 8.10. The van der Waals surface area contributed by atoms with Crippen LogP contribution >= 0.6 is 0 Å². The van der Waals surface area contributed by atoms with Crippen LogP contribution in [-0.2, 0) is 12.0 Å². The average Bonchev–Trinajstić information content (AvgIpc) is 3.57. The highest BCUT2D eigenvalue weighted by molar-refractivity contribution is 5.97. The zero-order valence-electron chi connectivity index (χ0n) is 23.6. The van der Waals surface area contributed by atoms with E-state index in [-0.39, 0.29) is 17.4 Å². The fraction of sp³-hybridized carbons (Fsp3) is 0.286. The summed E-state index contributed by atoms with van der Waals surface area (Å²) in [4.78, 5) is 18.4. The summed E-state index contributed by atoms with van der Waals surface area (Å²) in [7, 11) is 0. The lowest BCUT2D eigenvalue weighted by atomic mass is 9.87. The van der Waals surface area contributed by atoms with Crippen molar-refractivity contribution in [3.63, 3.8) is 0 Å². The number of nitrogens with zero attached hydrogens (tertiary/aromatic N) is 3. The van der Waals surface area contributed by atoms with E-state index in [1.165, 1.54) is 22.3 Å². The van der Waals surface area contributed by atoms with Crippen molar-refractivity contribution in [3.05, 3.63) is 131 Å². The molecule has 3 heterocycles. The topological polar surface area (TPSA) is 41.6 Å². The van der Waals surface area contributed by atoms with Gasteiger partial charge in [-0.25, -0.2) is 0 Å². The maximum Gasteiger partial charge on any atom is 0.270 e. The first-order valence-electron chi connectivity index (χ1n) is 14.2. The van der Waals surface area contributed by atoms with Gasteiger partial charge in [-0.2, -0.15) is 0 Å². The van der Waals surface area contributed by atoms with Gasteiger partial charge >= 0.3 is 0 Å². The summed E-state index contributed by atoms with van der Waals surface area (Å²) in [6.45, 7) is 10.3. The van der Waals surface area contributed by atoms with Gasteiger partial charge in [0, 0.05) is 44.9 Å². The number of aromatic nitrogens is 1. The summed E-state index contributed by atoms with van der Waals surface area (Å²) in [5.74, 6) is 0.0633. The van der Waals surface area contributed by atoms with Crippen LogP contribution in [0.4, 0.5) is 0 Å². The average molecular weight is 532 g/mol.